The minimum atomic E-state index is -0.237. The van der Waals surface area contributed by atoms with E-state index in [9.17, 15) is 4.39 Å². The second-order valence-electron chi connectivity index (χ2n) is 4.37. The Morgan fingerprint density at radius 3 is 3.00 bits per heavy atom. The third-order valence-corrected chi connectivity index (χ3v) is 3.61. The first kappa shape index (κ1) is 10.7. The zero-order valence-electron chi connectivity index (χ0n) is 9.32. The van der Waals surface area contributed by atoms with Crippen LogP contribution in [0.25, 0.3) is 11.0 Å². The van der Waals surface area contributed by atoms with Gasteiger partial charge in [0.05, 0.1) is 5.52 Å². The fourth-order valence-electron chi connectivity index (χ4n) is 2.49. The molecule has 1 atom stereocenters. The van der Waals surface area contributed by atoms with Gasteiger partial charge < -0.3 is 9.55 Å². The Labute approximate surface area is 104 Å². The SMILES string of the molecule is Fc1cccc2c1[nH]c(=S)n2C1CC=CCC1. The van der Waals surface area contributed by atoms with Crippen molar-refractivity contribution < 1.29 is 4.39 Å². The summed E-state index contributed by atoms with van der Waals surface area (Å²) < 4.78 is 16.3. The lowest BCUT2D eigenvalue weighted by Crippen LogP contribution is -2.10. The molecule has 1 aromatic heterocycles. The van der Waals surface area contributed by atoms with Gasteiger partial charge in [-0.3, -0.25) is 0 Å². The van der Waals surface area contributed by atoms with E-state index in [1.54, 1.807) is 6.07 Å². The highest BCUT2D eigenvalue weighted by molar-refractivity contribution is 7.71. The number of nitrogens with zero attached hydrogens (tertiary/aromatic N) is 1. The number of halogens is 1. The van der Waals surface area contributed by atoms with E-state index in [1.165, 1.54) is 6.07 Å². The number of nitrogens with one attached hydrogen (secondary N) is 1. The Balaban J connectivity index is 2.22. The van der Waals surface area contributed by atoms with Crippen LogP contribution in [0.5, 0.6) is 0 Å². The summed E-state index contributed by atoms with van der Waals surface area (Å²) in [5.41, 5.74) is 1.39. The maximum Gasteiger partial charge on any atom is 0.178 e. The minimum absolute atomic E-state index is 0.237. The monoisotopic (exact) mass is 248 g/mol. The number of para-hydroxylation sites is 1. The van der Waals surface area contributed by atoms with Gasteiger partial charge in [-0.15, -0.1) is 0 Å². The Bertz CT molecular complexity index is 638. The topological polar surface area (TPSA) is 20.7 Å². The van der Waals surface area contributed by atoms with Crippen LogP contribution in [0.3, 0.4) is 0 Å². The molecule has 0 fully saturated rings. The van der Waals surface area contributed by atoms with E-state index < -0.39 is 0 Å². The molecular weight excluding hydrogens is 235 g/mol. The summed E-state index contributed by atoms with van der Waals surface area (Å²) in [6, 6.07) is 5.46. The number of fused-ring (bicyclic) bond motifs is 1. The predicted molar refractivity (Wildman–Crippen MR) is 69.1 cm³/mol. The first-order valence-electron chi connectivity index (χ1n) is 5.81. The lowest BCUT2D eigenvalue weighted by molar-refractivity contribution is 0.467. The van der Waals surface area contributed by atoms with Crippen molar-refractivity contribution in [1.29, 1.82) is 0 Å². The summed E-state index contributed by atoms with van der Waals surface area (Å²) in [7, 11) is 0. The maximum atomic E-state index is 13.6. The standard InChI is InChI=1S/C13H13FN2S/c14-10-7-4-8-11-12(10)15-13(17)16(11)9-5-2-1-3-6-9/h1-2,4,7-9H,3,5-6H2,(H,15,17). The van der Waals surface area contributed by atoms with Gasteiger partial charge in [0, 0.05) is 6.04 Å². The van der Waals surface area contributed by atoms with Crippen molar-refractivity contribution in [2.45, 2.75) is 25.3 Å². The van der Waals surface area contributed by atoms with E-state index in [2.05, 4.69) is 21.7 Å². The average Bonchev–Trinajstić information content (AvgIpc) is 2.68. The van der Waals surface area contributed by atoms with Gasteiger partial charge in [-0.2, -0.15) is 0 Å². The van der Waals surface area contributed by atoms with E-state index in [4.69, 9.17) is 12.2 Å². The van der Waals surface area contributed by atoms with Gasteiger partial charge in [0.2, 0.25) is 0 Å². The second kappa shape index (κ2) is 4.11. The van der Waals surface area contributed by atoms with Crippen LogP contribution >= 0.6 is 12.2 Å². The molecule has 1 aromatic carbocycles. The first-order chi connectivity index (χ1) is 8.27. The molecule has 0 aliphatic heterocycles. The van der Waals surface area contributed by atoms with Crippen molar-refractivity contribution >= 4 is 23.3 Å². The molecule has 0 saturated heterocycles. The molecule has 2 aromatic rings. The van der Waals surface area contributed by atoms with Crippen LogP contribution in [0.15, 0.2) is 30.4 Å². The Hall–Kier alpha value is -1.42. The van der Waals surface area contributed by atoms with Crippen molar-refractivity contribution in [3.05, 3.63) is 40.9 Å². The molecule has 0 saturated carbocycles. The van der Waals surface area contributed by atoms with Crippen molar-refractivity contribution in [3.8, 4) is 0 Å². The van der Waals surface area contributed by atoms with Crippen molar-refractivity contribution in [2.24, 2.45) is 0 Å². The van der Waals surface area contributed by atoms with Gasteiger partial charge in [-0.05, 0) is 43.6 Å². The zero-order valence-corrected chi connectivity index (χ0v) is 10.1. The third-order valence-electron chi connectivity index (χ3n) is 3.31. The summed E-state index contributed by atoms with van der Waals surface area (Å²) in [6.45, 7) is 0. The molecule has 4 heteroatoms. The Morgan fingerprint density at radius 1 is 1.35 bits per heavy atom. The number of hydrogen-bond donors (Lipinski definition) is 1. The number of allylic oxidation sites excluding steroid dienone is 2. The zero-order chi connectivity index (χ0) is 11.8. The van der Waals surface area contributed by atoms with Crippen LogP contribution in [0.4, 0.5) is 4.39 Å². The normalized spacial score (nSPS) is 19.9. The lowest BCUT2D eigenvalue weighted by Gasteiger charge is -2.20. The molecule has 0 amide bonds. The van der Waals surface area contributed by atoms with Crippen molar-refractivity contribution in [2.75, 3.05) is 0 Å². The largest absolute Gasteiger partial charge is 0.328 e. The molecule has 0 bridgehead atoms. The highest BCUT2D eigenvalue weighted by atomic mass is 32.1. The number of H-pyrrole nitrogens is 1. The molecule has 0 spiro atoms. The molecular formula is C13H13FN2S. The van der Waals surface area contributed by atoms with Crippen molar-refractivity contribution in [3.63, 3.8) is 0 Å². The highest BCUT2D eigenvalue weighted by Crippen LogP contribution is 2.28. The highest BCUT2D eigenvalue weighted by Gasteiger charge is 2.17. The molecule has 0 radical (unpaired) electrons. The minimum Gasteiger partial charge on any atom is -0.328 e. The summed E-state index contributed by atoms with van der Waals surface area (Å²) in [5, 5.41) is 0. The van der Waals surface area contributed by atoms with E-state index in [0.717, 1.165) is 24.8 Å². The van der Waals surface area contributed by atoms with E-state index in [1.807, 2.05) is 6.07 Å². The van der Waals surface area contributed by atoms with E-state index in [-0.39, 0.29) is 5.82 Å². The fourth-order valence-corrected chi connectivity index (χ4v) is 2.84. The number of imidazole rings is 1. The van der Waals surface area contributed by atoms with Crippen molar-refractivity contribution in [1.82, 2.24) is 9.55 Å². The number of aromatic amines is 1. The van der Waals surface area contributed by atoms with Gasteiger partial charge in [0.15, 0.2) is 4.77 Å². The van der Waals surface area contributed by atoms with Gasteiger partial charge >= 0.3 is 0 Å². The van der Waals surface area contributed by atoms with Crippen LogP contribution in [0.2, 0.25) is 0 Å². The smallest absolute Gasteiger partial charge is 0.178 e. The van der Waals surface area contributed by atoms with Crippen LogP contribution in [0, 0.1) is 10.6 Å². The lowest BCUT2D eigenvalue weighted by atomic mass is 10.0. The van der Waals surface area contributed by atoms with E-state index >= 15 is 0 Å². The molecule has 1 aliphatic rings. The number of hydrogen-bond acceptors (Lipinski definition) is 1. The summed E-state index contributed by atoms with van der Waals surface area (Å²) in [4.78, 5) is 2.97. The molecule has 1 N–H and O–H groups in total. The van der Waals surface area contributed by atoms with Gasteiger partial charge in [0.25, 0.3) is 0 Å². The number of benzene rings is 1. The second-order valence-corrected chi connectivity index (χ2v) is 4.76. The molecule has 88 valence electrons. The van der Waals surface area contributed by atoms with Crippen LogP contribution < -0.4 is 0 Å². The van der Waals surface area contributed by atoms with Gasteiger partial charge in [0.1, 0.15) is 11.3 Å². The Kier molecular flexibility index (Phi) is 2.59. The molecule has 17 heavy (non-hydrogen) atoms. The van der Waals surface area contributed by atoms with Crippen LogP contribution in [-0.4, -0.2) is 9.55 Å². The Morgan fingerprint density at radius 2 is 2.24 bits per heavy atom. The number of aromatic nitrogens is 2. The quantitative estimate of drug-likeness (QED) is 0.594. The molecule has 1 heterocycles. The predicted octanol–water partition coefficient (Wildman–Crippen LogP) is 4.12. The van der Waals surface area contributed by atoms with E-state index in [0.29, 0.717) is 16.3 Å². The number of rotatable bonds is 1. The average molecular weight is 248 g/mol. The molecule has 3 rings (SSSR count). The summed E-state index contributed by atoms with van der Waals surface area (Å²) in [6.07, 6.45) is 7.46. The maximum absolute atomic E-state index is 13.6. The van der Waals surface area contributed by atoms with Gasteiger partial charge in [-0.25, -0.2) is 4.39 Å². The fraction of sp³-hybridized carbons (Fsp3) is 0.308. The van der Waals surface area contributed by atoms with Crippen LogP contribution in [0.1, 0.15) is 25.3 Å². The van der Waals surface area contributed by atoms with Gasteiger partial charge in [-0.1, -0.05) is 18.2 Å². The first-order valence-corrected chi connectivity index (χ1v) is 6.22. The third kappa shape index (κ3) is 1.72. The molecule has 1 aliphatic carbocycles. The van der Waals surface area contributed by atoms with Crippen LogP contribution in [-0.2, 0) is 0 Å². The summed E-state index contributed by atoms with van der Waals surface area (Å²) >= 11 is 5.31. The molecule has 1 unspecified atom stereocenters. The summed E-state index contributed by atoms with van der Waals surface area (Å²) in [5.74, 6) is -0.237. The molecule has 2 nitrogen and oxygen atoms in total.